The highest BCUT2D eigenvalue weighted by atomic mass is 16.3. The summed E-state index contributed by atoms with van der Waals surface area (Å²) < 4.78 is 0. The Labute approximate surface area is 121 Å². The summed E-state index contributed by atoms with van der Waals surface area (Å²) in [6.45, 7) is 4.28. The summed E-state index contributed by atoms with van der Waals surface area (Å²) in [5.74, 6) is 1.08. The van der Waals surface area contributed by atoms with Crippen molar-refractivity contribution >= 4 is 5.82 Å². The first-order valence-electron chi connectivity index (χ1n) is 7.38. The first-order chi connectivity index (χ1) is 9.65. The van der Waals surface area contributed by atoms with E-state index in [-0.39, 0.29) is 6.10 Å². The molecule has 0 amide bonds. The Balaban J connectivity index is 1.73. The van der Waals surface area contributed by atoms with Gasteiger partial charge in [-0.15, -0.1) is 0 Å². The molecule has 1 unspecified atom stereocenters. The molecule has 5 heteroatoms. The van der Waals surface area contributed by atoms with Gasteiger partial charge in [-0.05, 0) is 38.6 Å². The fourth-order valence-corrected chi connectivity index (χ4v) is 2.52. The number of hydrogen-bond acceptors (Lipinski definition) is 5. The maximum atomic E-state index is 9.76. The molecule has 0 bridgehead atoms. The number of nitrogens with one attached hydrogen (secondary N) is 1. The second kappa shape index (κ2) is 7.57. The molecule has 0 aromatic carbocycles. The van der Waals surface area contributed by atoms with Crippen LogP contribution in [-0.4, -0.2) is 61.4 Å². The average Bonchev–Trinajstić information content (AvgIpc) is 2.92. The predicted octanol–water partition coefficient (Wildman–Crippen LogP) is 0.694. The van der Waals surface area contributed by atoms with Gasteiger partial charge in [0.25, 0.3) is 0 Å². The van der Waals surface area contributed by atoms with Crippen LogP contribution in [0.3, 0.4) is 0 Å². The molecular formula is C15H26N4O. The van der Waals surface area contributed by atoms with Gasteiger partial charge >= 0.3 is 0 Å². The molecule has 2 N–H and O–H groups in total. The van der Waals surface area contributed by atoms with Crippen LogP contribution in [0.5, 0.6) is 0 Å². The number of likely N-dealkylation sites (N-methyl/N-ethyl adjacent to an activating group) is 1. The van der Waals surface area contributed by atoms with Crippen molar-refractivity contribution in [2.75, 3.05) is 45.2 Å². The largest absolute Gasteiger partial charge is 0.390 e. The minimum atomic E-state index is -0.332. The standard InChI is InChI=1S/C15H26N4O/c1-18(2)12-14(20)11-16-9-13-5-6-15(17-10-13)19-7-3-4-8-19/h5-6,10,14,16,20H,3-4,7-9,11-12H2,1-2H3. The molecule has 20 heavy (non-hydrogen) atoms. The van der Waals surface area contributed by atoms with E-state index >= 15 is 0 Å². The molecule has 1 aliphatic rings. The zero-order valence-electron chi connectivity index (χ0n) is 12.5. The van der Waals surface area contributed by atoms with Gasteiger partial charge in [0.1, 0.15) is 5.82 Å². The van der Waals surface area contributed by atoms with Gasteiger partial charge in [0.05, 0.1) is 6.10 Å². The van der Waals surface area contributed by atoms with E-state index in [4.69, 9.17) is 0 Å². The lowest BCUT2D eigenvalue weighted by Crippen LogP contribution is -2.34. The number of anilines is 1. The third kappa shape index (κ3) is 4.74. The monoisotopic (exact) mass is 278 g/mol. The third-order valence-electron chi connectivity index (χ3n) is 3.52. The van der Waals surface area contributed by atoms with Crippen LogP contribution in [0.2, 0.25) is 0 Å². The van der Waals surface area contributed by atoms with E-state index in [2.05, 4.69) is 27.3 Å². The molecule has 1 fully saturated rings. The zero-order valence-corrected chi connectivity index (χ0v) is 12.5. The first-order valence-corrected chi connectivity index (χ1v) is 7.38. The number of aliphatic hydroxyl groups is 1. The Morgan fingerprint density at radius 2 is 2.10 bits per heavy atom. The number of rotatable bonds is 7. The average molecular weight is 278 g/mol. The third-order valence-corrected chi connectivity index (χ3v) is 3.52. The summed E-state index contributed by atoms with van der Waals surface area (Å²) in [4.78, 5) is 8.84. The molecule has 1 saturated heterocycles. The predicted molar refractivity (Wildman–Crippen MR) is 82.0 cm³/mol. The molecular weight excluding hydrogens is 252 g/mol. The van der Waals surface area contributed by atoms with E-state index in [0.29, 0.717) is 13.1 Å². The number of pyridine rings is 1. The quantitative estimate of drug-likeness (QED) is 0.769. The van der Waals surface area contributed by atoms with Gasteiger partial charge in [0.2, 0.25) is 0 Å². The van der Waals surface area contributed by atoms with Crippen LogP contribution in [0.15, 0.2) is 18.3 Å². The maximum absolute atomic E-state index is 9.76. The highest BCUT2D eigenvalue weighted by molar-refractivity contribution is 5.40. The molecule has 2 rings (SSSR count). The summed E-state index contributed by atoms with van der Waals surface area (Å²) in [6, 6.07) is 4.21. The van der Waals surface area contributed by atoms with Crippen molar-refractivity contribution in [2.45, 2.75) is 25.5 Å². The highest BCUT2D eigenvalue weighted by Gasteiger charge is 2.12. The van der Waals surface area contributed by atoms with Crippen molar-refractivity contribution in [3.63, 3.8) is 0 Å². The fraction of sp³-hybridized carbons (Fsp3) is 0.667. The van der Waals surface area contributed by atoms with E-state index in [9.17, 15) is 5.11 Å². The van der Waals surface area contributed by atoms with Gasteiger partial charge in [-0.2, -0.15) is 0 Å². The zero-order chi connectivity index (χ0) is 14.4. The van der Waals surface area contributed by atoms with E-state index in [1.54, 1.807) is 0 Å². The molecule has 1 aliphatic heterocycles. The van der Waals surface area contributed by atoms with E-state index in [1.807, 2.05) is 25.2 Å². The van der Waals surface area contributed by atoms with Crippen molar-refractivity contribution in [3.8, 4) is 0 Å². The van der Waals surface area contributed by atoms with Gasteiger partial charge in [-0.1, -0.05) is 6.07 Å². The lowest BCUT2D eigenvalue weighted by Gasteiger charge is -2.17. The second-order valence-corrected chi connectivity index (χ2v) is 5.77. The van der Waals surface area contributed by atoms with Gasteiger partial charge in [-0.25, -0.2) is 4.98 Å². The van der Waals surface area contributed by atoms with Crippen LogP contribution in [0.4, 0.5) is 5.82 Å². The van der Waals surface area contributed by atoms with Crippen LogP contribution in [0.1, 0.15) is 18.4 Å². The Morgan fingerprint density at radius 3 is 2.70 bits per heavy atom. The van der Waals surface area contributed by atoms with Crippen molar-refractivity contribution < 1.29 is 5.11 Å². The minimum absolute atomic E-state index is 0.332. The van der Waals surface area contributed by atoms with Crippen molar-refractivity contribution in [1.29, 1.82) is 0 Å². The van der Waals surface area contributed by atoms with Crippen molar-refractivity contribution in [2.24, 2.45) is 0 Å². The summed E-state index contributed by atoms with van der Waals surface area (Å²) >= 11 is 0. The molecule has 2 heterocycles. The normalized spacial score (nSPS) is 16.9. The summed E-state index contributed by atoms with van der Waals surface area (Å²) in [7, 11) is 3.93. The first kappa shape index (κ1) is 15.2. The van der Waals surface area contributed by atoms with Crippen LogP contribution in [0.25, 0.3) is 0 Å². The van der Waals surface area contributed by atoms with Crippen LogP contribution >= 0.6 is 0 Å². The fourth-order valence-electron chi connectivity index (χ4n) is 2.52. The van der Waals surface area contributed by atoms with Crippen LogP contribution in [0, 0.1) is 0 Å². The van der Waals surface area contributed by atoms with Gasteiger partial charge in [-0.3, -0.25) is 0 Å². The number of nitrogens with zero attached hydrogens (tertiary/aromatic N) is 3. The summed E-state index contributed by atoms with van der Waals surface area (Å²) in [6.07, 6.45) is 4.14. The summed E-state index contributed by atoms with van der Waals surface area (Å²) in [5.41, 5.74) is 1.16. The van der Waals surface area contributed by atoms with Crippen molar-refractivity contribution in [1.82, 2.24) is 15.2 Å². The topological polar surface area (TPSA) is 51.6 Å². The molecule has 0 saturated carbocycles. The van der Waals surface area contributed by atoms with E-state index in [0.717, 1.165) is 31.0 Å². The molecule has 0 radical (unpaired) electrons. The van der Waals surface area contributed by atoms with Gasteiger partial charge in [0, 0.05) is 38.9 Å². The Bertz CT molecular complexity index is 387. The highest BCUT2D eigenvalue weighted by Crippen LogP contribution is 2.17. The van der Waals surface area contributed by atoms with Gasteiger partial charge in [0.15, 0.2) is 0 Å². The van der Waals surface area contributed by atoms with E-state index in [1.165, 1.54) is 12.8 Å². The smallest absolute Gasteiger partial charge is 0.128 e. The molecule has 112 valence electrons. The Hall–Kier alpha value is -1.17. The SMILES string of the molecule is CN(C)CC(O)CNCc1ccc(N2CCCC2)nc1. The lowest BCUT2D eigenvalue weighted by atomic mass is 10.2. The summed E-state index contributed by atoms with van der Waals surface area (Å²) in [5, 5.41) is 13.0. The van der Waals surface area contributed by atoms with E-state index < -0.39 is 0 Å². The minimum Gasteiger partial charge on any atom is -0.390 e. The Kier molecular flexibility index (Phi) is 5.76. The lowest BCUT2D eigenvalue weighted by molar-refractivity contribution is 0.134. The maximum Gasteiger partial charge on any atom is 0.128 e. The second-order valence-electron chi connectivity index (χ2n) is 5.77. The number of hydrogen-bond donors (Lipinski definition) is 2. The molecule has 1 atom stereocenters. The van der Waals surface area contributed by atoms with Crippen LogP contribution in [-0.2, 0) is 6.54 Å². The molecule has 1 aromatic rings. The Morgan fingerprint density at radius 1 is 1.35 bits per heavy atom. The number of aliphatic hydroxyl groups excluding tert-OH is 1. The van der Waals surface area contributed by atoms with Gasteiger partial charge < -0.3 is 20.2 Å². The molecule has 5 nitrogen and oxygen atoms in total. The molecule has 0 spiro atoms. The van der Waals surface area contributed by atoms with Crippen molar-refractivity contribution in [3.05, 3.63) is 23.9 Å². The molecule has 0 aliphatic carbocycles. The number of aromatic nitrogens is 1. The molecule has 1 aromatic heterocycles. The van der Waals surface area contributed by atoms with Crippen LogP contribution < -0.4 is 10.2 Å².